The van der Waals surface area contributed by atoms with Crippen LogP contribution in [0.4, 0.5) is 0 Å². The number of nitrogens with zero attached hydrogens (tertiary/aromatic N) is 4. The number of aromatic nitrogens is 3. The second-order valence-corrected chi connectivity index (χ2v) is 14.7. The van der Waals surface area contributed by atoms with Crippen LogP contribution in [0.2, 0.25) is 0 Å². The molecule has 8 aromatic carbocycles. The van der Waals surface area contributed by atoms with Crippen LogP contribution < -0.4 is 4.74 Å². The molecule has 0 atom stereocenters. The number of para-hydroxylation sites is 2. The van der Waals surface area contributed by atoms with Gasteiger partial charge in [-0.1, -0.05) is 158 Å². The Kier molecular flexibility index (Phi) is 7.70. The van der Waals surface area contributed by atoms with E-state index in [1.807, 2.05) is 66.7 Å². The first kappa shape index (κ1) is 33.4. The van der Waals surface area contributed by atoms with Gasteiger partial charge >= 0.3 is 0 Å². The summed E-state index contributed by atoms with van der Waals surface area (Å²) in [7, 11) is 0. The lowest BCUT2D eigenvalue weighted by atomic mass is 9.65. The molecule has 0 N–H and O–H groups in total. The summed E-state index contributed by atoms with van der Waals surface area (Å²) in [6.07, 6.45) is 0. The van der Waals surface area contributed by atoms with Gasteiger partial charge in [0.25, 0.3) is 0 Å². The quantitative estimate of drug-likeness (QED) is 0.176. The van der Waals surface area contributed by atoms with Gasteiger partial charge in [-0.15, -0.1) is 0 Å². The lowest BCUT2D eigenvalue weighted by Crippen LogP contribution is -2.32. The molecule has 0 bridgehead atoms. The van der Waals surface area contributed by atoms with Gasteiger partial charge in [0, 0.05) is 27.8 Å². The summed E-state index contributed by atoms with van der Waals surface area (Å²) in [6, 6.07) is 69.1. The molecule has 9 aromatic rings. The standard InChI is InChI=1S/C53H32N4O/c54-33-34-22-28-42-43-29-27-40(32-47(43)53(46(42)30-34)44-18-7-9-20-48(44)58-49-21-10-8-19-45(49)53)39-16-11-17-41(31-39)52-56-50(37-14-5-2-6-15-37)55-51(57-52)38-25-23-36(24-26-38)35-12-3-1-4-13-35/h1-32H. The number of hydrogen-bond acceptors (Lipinski definition) is 5. The Balaban J connectivity index is 1.06. The highest BCUT2D eigenvalue weighted by molar-refractivity contribution is 5.91. The molecule has 0 fully saturated rings. The molecular weight excluding hydrogens is 709 g/mol. The van der Waals surface area contributed by atoms with Crippen LogP contribution in [0.25, 0.3) is 67.5 Å². The van der Waals surface area contributed by atoms with Gasteiger partial charge in [-0.25, -0.2) is 15.0 Å². The second kappa shape index (κ2) is 13.4. The fraction of sp³-hybridized carbons (Fsp3) is 0.0189. The van der Waals surface area contributed by atoms with E-state index >= 15 is 0 Å². The van der Waals surface area contributed by atoms with Crippen LogP contribution in [0, 0.1) is 11.3 Å². The van der Waals surface area contributed by atoms with Gasteiger partial charge in [-0.3, -0.25) is 0 Å². The molecule has 0 amide bonds. The minimum Gasteiger partial charge on any atom is -0.457 e. The van der Waals surface area contributed by atoms with E-state index < -0.39 is 5.41 Å². The van der Waals surface area contributed by atoms with E-state index in [-0.39, 0.29) is 0 Å². The van der Waals surface area contributed by atoms with Gasteiger partial charge < -0.3 is 4.74 Å². The van der Waals surface area contributed by atoms with Crippen LogP contribution in [0.1, 0.15) is 27.8 Å². The first-order valence-electron chi connectivity index (χ1n) is 19.3. The van der Waals surface area contributed by atoms with Crippen molar-refractivity contribution >= 4 is 0 Å². The number of benzene rings is 8. The third-order valence-electron chi connectivity index (χ3n) is 11.4. The molecule has 270 valence electrons. The summed E-state index contributed by atoms with van der Waals surface area (Å²) in [4.78, 5) is 15.1. The van der Waals surface area contributed by atoms with Crippen LogP contribution in [-0.4, -0.2) is 15.0 Å². The Hall–Kier alpha value is -7.94. The van der Waals surface area contributed by atoms with Gasteiger partial charge in [0.15, 0.2) is 17.5 Å². The molecule has 0 unspecified atom stereocenters. The van der Waals surface area contributed by atoms with Crippen LogP contribution in [0.3, 0.4) is 0 Å². The summed E-state index contributed by atoms with van der Waals surface area (Å²) < 4.78 is 6.56. The summed E-state index contributed by atoms with van der Waals surface area (Å²) in [5, 5.41) is 10.1. The topological polar surface area (TPSA) is 71.7 Å². The van der Waals surface area contributed by atoms with E-state index in [1.54, 1.807) is 0 Å². The van der Waals surface area contributed by atoms with Crippen molar-refractivity contribution in [1.29, 1.82) is 5.26 Å². The van der Waals surface area contributed by atoms with E-state index in [2.05, 4.69) is 133 Å². The largest absolute Gasteiger partial charge is 0.457 e. The maximum atomic E-state index is 10.1. The molecule has 0 saturated carbocycles. The maximum absolute atomic E-state index is 10.1. The van der Waals surface area contributed by atoms with Crippen LogP contribution in [0.5, 0.6) is 11.5 Å². The molecule has 1 aliphatic heterocycles. The van der Waals surface area contributed by atoms with Crippen LogP contribution in [0.15, 0.2) is 194 Å². The monoisotopic (exact) mass is 740 g/mol. The number of fused-ring (bicyclic) bond motifs is 9. The highest BCUT2D eigenvalue weighted by Crippen LogP contribution is 2.62. The zero-order valence-electron chi connectivity index (χ0n) is 31.2. The summed E-state index contributed by atoms with van der Waals surface area (Å²) in [5.74, 6) is 3.44. The second-order valence-electron chi connectivity index (χ2n) is 14.7. The molecule has 1 aliphatic carbocycles. The minimum atomic E-state index is -0.694. The molecule has 1 spiro atoms. The molecule has 11 rings (SSSR count). The molecule has 58 heavy (non-hydrogen) atoms. The van der Waals surface area contributed by atoms with Crippen molar-refractivity contribution in [2.45, 2.75) is 5.41 Å². The molecule has 2 aliphatic rings. The van der Waals surface area contributed by atoms with Crippen molar-refractivity contribution in [1.82, 2.24) is 15.0 Å². The van der Waals surface area contributed by atoms with Crippen molar-refractivity contribution in [3.8, 4) is 85.1 Å². The number of rotatable bonds is 5. The summed E-state index contributed by atoms with van der Waals surface area (Å²) in [6.45, 7) is 0. The predicted octanol–water partition coefficient (Wildman–Crippen LogP) is 12.5. The van der Waals surface area contributed by atoms with Gasteiger partial charge in [0.05, 0.1) is 17.0 Å². The minimum absolute atomic E-state index is 0.596. The van der Waals surface area contributed by atoms with Crippen molar-refractivity contribution in [2.75, 3.05) is 0 Å². The van der Waals surface area contributed by atoms with Crippen LogP contribution in [-0.2, 0) is 5.41 Å². The predicted molar refractivity (Wildman–Crippen MR) is 229 cm³/mol. The highest BCUT2D eigenvalue weighted by atomic mass is 16.5. The van der Waals surface area contributed by atoms with Gasteiger partial charge in [0.2, 0.25) is 0 Å². The zero-order chi connectivity index (χ0) is 38.6. The smallest absolute Gasteiger partial charge is 0.164 e. The fourth-order valence-electron chi connectivity index (χ4n) is 8.78. The van der Waals surface area contributed by atoms with E-state index in [1.165, 1.54) is 0 Å². The molecule has 0 saturated heterocycles. The molecule has 1 aromatic heterocycles. The Morgan fingerprint density at radius 1 is 0.362 bits per heavy atom. The van der Waals surface area contributed by atoms with Gasteiger partial charge in [-0.2, -0.15) is 5.26 Å². The number of hydrogen-bond donors (Lipinski definition) is 0. The van der Waals surface area contributed by atoms with E-state index in [0.29, 0.717) is 23.0 Å². The van der Waals surface area contributed by atoms with Crippen molar-refractivity contribution in [3.63, 3.8) is 0 Å². The average Bonchev–Trinajstić information content (AvgIpc) is 3.58. The van der Waals surface area contributed by atoms with Crippen molar-refractivity contribution in [2.24, 2.45) is 0 Å². The molecule has 5 heteroatoms. The molecule has 5 nitrogen and oxygen atoms in total. The number of ether oxygens (including phenoxy) is 1. The first-order valence-corrected chi connectivity index (χ1v) is 19.3. The number of nitriles is 1. The Labute approximate surface area is 336 Å². The first-order chi connectivity index (χ1) is 28.7. The fourth-order valence-corrected chi connectivity index (χ4v) is 8.78. The zero-order valence-corrected chi connectivity index (χ0v) is 31.2. The third-order valence-corrected chi connectivity index (χ3v) is 11.4. The van der Waals surface area contributed by atoms with Gasteiger partial charge in [-0.05, 0) is 80.9 Å². The van der Waals surface area contributed by atoms with E-state index in [4.69, 9.17) is 19.7 Å². The highest BCUT2D eigenvalue weighted by Gasteiger charge is 2.51. The molecular formula is C53H32N4O. The SMILES string of the molecule is N#Cc1ccc2c(c1)C1(c3ccccc3Oc3ccccc31)c1cc(-c3cccc(-c4nc(-c5ccccc5)nc(-c5ccc(-c6ccccc6)cc5)n4)c3)ccc1-2. The third kappa shape index (κ3) is 5.27. The average molecular weight is 741 g/mol. The Morgan fingerprint density at radius 2 is 0.810 bits per heavy atom. The lowest BCUT2D eigenvalue weighted by Gasteiger charge is -2.39. The van der Waals surface area contributed by atoms with Gasteiger partial charge in [0.1, 0.15) is 11.5 Å². The maximum Gasteiger partial charge on any atom is 0.164 e. The summed E-state index contributed by atoms with van der Waals surface area (Å²) in [5.41, 5.74) is 13.6. The van der Waals surface area contributed by atoms with E-state index in [9.17, 15) is 5.26 Å². The normalized spacial score (nSPS) is 12.7. The lowest BCUT2D eigenvalue weighted by molar-refractivity contribution is 0.436. The summed E-state index contributed by atoms with van der Waals surface area (Å²) >= 11 is 0. The van der Waals surface area contributed by atoms with Crippen molar-refractivity contribution in [3.05, 3.63) is 222 Å². The van der Waals surface area contributed by atoms with E-state index in [0.717, 1.165) is 83.8 Å². The molecule has 2 heterocycles. The Bertz CT molecular complexity index is 3050. The van der Waals surface area contributed by atoms with Crippen LogP contribution >= 0.6 is 0 Å². The Morgan fingerprint density at radius 3 is 1.47 bits per heavy atom. The van der Waals surface area contributed by atoms with Crippen molar-refractivity contribution < 1.29 is 4.74 Å². The molecule has 0 radical (unpaired) electrons.